The standard InChI is InChI=1S/C16H27N5O3/c1-12-3-19(4-13(2)24-12)5-14-6-21(7-15(14)9-22)16(23)8-20-10-17-18-11-20/h10-15,22H,3-9H2,1-2H3/t12-,13+,14-,15-/m0/s1. The Kier molecular flexibility index (Phi) is 5.47. The van der Waals surface area contributed by atoms with Gasteiger partial charge in [-0.25, -0.2) is 0 Å². The first-order chi connectivity index (χ1) is 11.5. The van der Waals surface area contributed by atoms with Gasteiger partial charge in [0, 0.05) is 45.2 Å². The number of aromatic nitrogens is 3. The van der Waals surface area contributed by atoms with E-state index in [1.165, 1.54) is 0 Å². The Bertz CT molecular complexity index is 528. The quantitative estimate of drug-likeness (QED) is 0.776. The molecule has 2 aliphatic rings. The van der Waals surface area contributed by atoms with E-state index >= 15 is 0 Å². The predicted molar refractivity (Wildman–Crippen MR) is 87.1 cm³/mol. The Labute approximate surface area is 142 Å². The van der Waals surface area contributed by atoms with Crippen LogP contribution in [0.2, 0.25) is 0 Å². The van der Waals surface area contributed by atoms with Crippen LogP contribution in [0.3, 0.4) is 0 Å². The van der Waals surface area contributed by atoms with E-state index in [1.54, 1.807) is 17.2 Å². The lowest BCUT2D eigenvalue weighted by Gasteiger charge is -2.37. The van der Waals surface area contributed by atoms with Crippen molar-refractivity contribution in [1.82, 2.24) is 24.6 Å². The third-order valence-electron chi connectivity index (χ3n) is 4.94. The minimum absolute atomic E-state index is 0.0551. The maximum Gasteiger partial charge on any atom is 0.242 e. The van der Waals surface area contributed by atoms with Gasteiger partial charge in [0.05, 0.1) is 12.2 Å². The predicted octanol–water partition coefficient (Wildman–Crippen LogP) is -0.546. The summed E-state index contributed by atoms with van der Waals surface area (Å²) >= 11 is 0. The molecule has 1 N–H and O–H groups in total. The van der Waals surface area contributed by atoms with Gasteiger partial charge < -0.3 is 19.3 Å². The highest BCUT2D eigenvalue weighted by Gasteiger charge is 2.36. The van der Waals surface area contributed by atoms with Crippen molar-refractivity contribution in [3.8, 4) is 0 Å². The fraction of sp³-hybridized carbons (Fsp3) is 0.812. The zero-order valence-corrected chi connectivity index (χ0v) is 14.4. The molecule has 0 radical (unpaired) electrons. The monoisotopic (exact) mass is 337 g/mol. The van der Waals surface area contributed by atoms with E-state index < -0.39 is 0 Å². The molecule has 3 rings (SSSR count). The molecule has 0 aromatic carbocycles. The SMILES string of the molecule is C[C@@H]1CN(C[C@H]2CN(C(=O)Cn3cnnc3)C[C@H]2CO)C[C@H](C)O1. The highest BCUT2D eigenvalue weighted by atomic mass is 16.5. The minimum Gasteiger partial charge on any atom is -0.396 e. The number of carbonyl (C=O) groups excluding carboxylic acids is 1. The Morgan fingerprint density at radius 3 is 2.38 bits per heavy atom. The molecule has 1 aromatic heterocycles. The number of amides is 1. The van der Waals surface area contributed by atoms with E-state index in [2.05, 4.69) is 28.9 Å². The average molecular weight is 337 g/mol. The molecule has 3 heterocycles. The van der Waals surface area contributed by atoms with Crippen molar-refractivity contribution in [2.24, 2.45) is 11.8 Å². The number of aliphatic hydroxyl groups is 1. The second kappa shape index (κ2) is 7.58. The Morgan fingerprint density at radius 1 is 1.12 bits per heavy atom. The summed E-state index contributed by atoms with van der Waals surface area (Å²) in [5.41, 5.74) is 0. The van der Waals surface area contributed by atoms with Gasteiger partial charge in [0.15, 0.2) is 0 Å². The largest absolute Gasteiger partial charge is 0.396 e. The van der Waals surface area contributed by atoms with Crippen LogP contribution >= 0.6 is 0 Å². The first-order valence-electron chi connectivity index (χ1n) is 8.64. The van der Waals surface area contributed by atoms with Gasteiger partial charge in [0.1, 0.15) is 19.2 Å². The van der Waals surface area contributed by atoms with Crippen molar-refractivity contribution in [1.29, 1.82) is 0 Å². The summed E-state index contributed by atoms with van der Waals surface area (Å²) in [7, 11) is 0. The van der Waals surface area contributed by atoms with Crippen LogP contribution in [-0.4, -0.2) is 87.1 Å². The Balaban J connectivity index is 1.56. The number of likely N-dealkylation sites (tertiary alicyclic amines) is 1. The van der Waals surface area contributed by atoms with E-state index in [4.69, 9.17) is 4.74 Å². The maximum absolute atomic E-state index is 12.5. The molecule has 8 nitrogen and oxygen atoms in total. The number of hydrogen-bond donors (Lipinski definition) is 1. The summed E-state index contributed by atoms with van der Waals surface area (Å²) < 4.78 is 7.46. The van der Waals surface area contributed by atoms with E-state index in [9.17, 15) is 9.90 Å². The normalized spacial score (nSPS) is 31.5. The highest BCUT2D eigenvalue weighted by Crippen LogP contribution is 2.25. The van der Waals surface area contributed by atoms with Crippen LogP contribution in [0.15, 0.2) is 12.7 Å². The highest BCUT2D eigenvalue weighted by molar-refractivity contribution is 5.76. The van der Waals surface area contributed by atoms with Crippen molar-refractivity contribution in [3.05, 3.63) is 12.7 Å². The summed E-state index contributed by atoms with van der Waals surface area (Å²) in [5, 5.41) is 17.2. The molecule has 0 aliphatic carbocycles. The van der Waals surface area contributed by atoms with Crippen molar-refractivity contribution in [2.45, 2.75) is 32.6 Å². The molecular formula is C16H27N5O3. The molecule has 1 amide bonds. The van der Waals surface area contributed by atoms with Crippen molar-refractivity contribution in [3.63, 3.8) is 0 Å². The van der Waals surface area contributed by atoms with Crippen LogP contribution in [0.1, 0.15) is 13.8 Å². The zero-order valence-electron chi connectivity index (χ0n) is 14.4. The van der Waals surface area contributed by atoms with Crippen LogP contribution in [0.25, 0.3) is 0 Å². The van der Waals surface area contributed by atoms with Crippen LogP contribution in [0, 0.1) is 11.8 Å². The number of rotatable bonds is 5. The van der Waals surface area contributed by atoms with Gasteiger partial charge in [-0.15, -0.1) is 10.2 Å². The van der Waals surface area contributed by atoms with E-state index in [-0.39, 0.29) is 37.2 Å². The van der Waals surface area contributed by atoms with Gasteiger partial charge in [0.25, 0.3) is 0 Å². The molecule has 134 valence electrons. The van der Waals surface area contributed by atoms with E-state index in [0.29, 0.717) is 19.0 Å². The number of hydrogen-bond acceptors (Lipinski definition) is 6. The third-order valence-corrected chi connectivity index (χ3v) is 4.94. The van der Waals surface area contributed by atoms with Gasteiger partial charge >= 0.3 is 0 Å². The molecule has 8 heteroatoms. The van der Waals surface area contributed by atoms with Gasteiger partial charge in [0.2, 0.25) is 5.91 Å². The van der Waals surface area contributed by atoms with E-state index in [1.807, 2.05) is 4.90 Å². The fourth-order valence-electron chi connectivity index (χ4n) is 3.88. The Hall–Kier alpha value is -1.51. The molecule has 2 aliphatic heterocycles. The number of aliphatic hydroxyl groups excluding tert-OH is 1. The van der Waals surface area contributed by atoms with Crippen molar-refractivity contribution in [2.75, 3.05) is 39.3 Å². The van der Waals surface area contributed by atoms with Crippen LogP contribution in [-0.2, 0) is 16.1 Å². The molecule has 2 saturated heterocycles. The molecular weight excluding hydrogens is 310 g/mol. The van der Waals surface area contributed by atoms with Crippen LogP contribution in [0.4, 0.5) is 0 Å². The summed E-state index contributed by atoms with van der Waals surface area (Å²) in [6.07, 6.45) is 3.56. The van der Waals surface area contributed by atoms with Crippen molar-refractivity contribution >= 4 is 5.91 Å². The molecule has 2 fully saturated rings. The average Bonchev–Trinajstić information content (AvgIpc) is 3.15. The van der Waals surface area contributed by atoms with E-state index in [0.717, 1.165) is 19.6 Å². The lowest BCUT2D eigenvalue weighted by Crippen LogP contribution is -2.48. The first kappa shape index (κ1) is 17.3. The lowest BCUT2D eigenvalue weighted by atomic mass is 9.96. The molecule has 4 atom stereocenters. The second-order valence-electron chi connectivity index (χ2n) is 7.11. The number of nitrogens with zero attached hydrogens (tertiary/aromatic N) is 5. The van der Waals surface area contributed by atoms with Gasteiger partial charge in [-0.2, -0.15) is 0 Å². The maximum atomic E-state index is 12.5. The topological polar surface area (TPSA) is 83.7 Å². The molecule has 0 unspecified atom stereocenters. The number of morpholine rings is 1. The lowest BCUT2D eigenvalue weighted by molar-refractivity contribution is -0.131. The summed E-state index contributed by atoms with van der Waals surface area (Å²) in [5.74, 6) is 0.500. The molecule has 0 spiro atoms. The molecule has 1 aromatic rings. The van der Waals surface area contributed by atoms with Gasteiger partial charge in [-0.1, -0.05) is 0 Å². The third kappa shape index (κ3) is 4.12. The minimum atomic E-state index is 0.0551. The summed E-state index contributed by atoms with van der Waals surface area (Å²) in [4.78, 5) is 16.7. The van der Waals surface area contributed by atoms with Crippen LogP contribution < -0.4 is 0 Å². The zero-order chi connectivity index (χ0) is 17.1. The number of ether oxygens (including phenoxy) is 1. The smallest absolute Gasteiger partial charge is 0.242 e. The fourth-order valence-corrected chi connectivity index (χ4v) is 3.88. The molecule has 0 saturated carbocycles. The second-order valence-corrected chi connectivity index (χ2v) is 7.11. The summed E-state index contributed by atoms with van der Waals surface area (Å²) in [6, 6.07) is 0. The van der Waals surface area contributed by atoms with Gasteiger partial charge in [-0.05, 0) is 19.8 Å². The van der Waals surface area contributed by atoms with Gasteiger partial charge in [-0.3, -0.25) is 9.69 Å². The van der Waals surface area contributed by atoms with Crippen LogP contribution in [0.5, 0.6) is 0 Å². The molecule has 0 bridgehead atoms. The summed E-state index contributed by atoms with van der Waals surface area (Å²) in [6.45, 7) is 8.61. The number of carbonyl (C=O) groups is 1. The Morgan fingerprint density at radius 2 is 1.75 bits per heavy atom. The first-order valence-corrected chi connectivity index (χ1v) is 8.64. The molecule has 24 heavy (non-hydrogen) atoms. The van der Waals surface area contributed by atoms with Crippen molar-refractivity contribution < 1.29 is 14.6 Å².